The summed E-state index contributed by atoms with van der Waals surface area (Å²) in [6.07, 6.45) is 0.879. The van der Waals surface area contributed by atoms with Crippen molar-refractivity contribution in [2.24, 2.45) is 0 Å². The molecule has 0 saturated heterocycles. The predicted octanol–water partition coefficient (Wildman–Crippen LogP) is 3.23. The largest absolute Gasteiger partial charge is 0.490 e. The van der Waals surface area contributed by atoms with Crippen LogP contribution in [0.4, 0.5) is 10.7 Å². The van der Waals surface area contributed by atoms with Crippen LogP contribution in [0.1, 0.15) is 17.7 Å². The third kappa shape index (κ3) is 2.40. The summed E-state index contributed by atoms with van der Waals surface area (Å²) in [4.78, 5) is 0. The van der Waals surface area contributed by atoms with Crippen molar-refractivity contribution in [3.05, 3.63) is 29.5 Å². The summed E-state index contributed by atoms with van der Waals surface area (Å²) in [6.45, 7) is 3.15. The van der Waals surface area contributed by atoms with E-state index in [0.717, 1.165) is 34.3 Å². The zero-order valence-electron chi connectivity index (χ0n) is 11.0. The van der Waals surface area contributed by atoms with Gasteiger partial charge in [0.15, 0.2) is 11.5 Å². The quantitative estimate of drug-likeness (QED) is 0.918. The number of hydrogen-bond donors (Lipinski definition) is 1. The number of fused-ring (bicyclic) bond motifs is 1. The Hall–Kier alpha value is -2.26. The van der Waals surface area contributed by atoms with Gasteiger partial charge in [0.1, 0.15) is 16.6 Å². The normalized spacial score (nSPS) is 13.4. The number of aromatic nitrogens is 1. The Kier molecular flexibility index (Phi) is 3.44. The van der Waals surface area contributed by atoms with Crippen molar-refractivity contribution >= 4 is 22.2 Å². The number of nitrogens with one attached hydrogen (secondary N) is 1. The van der Waals surface area contributed by atoms with Crippen molar-refractivity contribution in [1.82, 2.24) is 4.37 Å². The van der Waals surface area contributed by atoms with Crippen LogP contribution in [0, 0.1) is 18.3 Å². The number of rotatable bonds is 2. The molecule has 0 radical (unpaired) electrons. The van der Waals surface area contributed by atoms with E-state index in [1.165, 1.54) is 11.5 Å². The van der Waals surface area contributed by atoms with Crippen LogP contribution in [-0.4, -0.2) is 17.6 Å². The van der Waals surface area contributed by atoms with Crippen molar-refractivity contribution in [1.29, 1.82) is 5.26 Å². The molecule has 2 aromatic rings. The summed E-state index contributed by atoms with van der Waals surface area (Å²) in [5.74, 6) is 1.49. The third-order valence-corrected chi connectivity index (χ3v) is 3.83. The number of nitriles is 1. The molecule has 0 unspecified atom stereocenters. The summed E-state index contributed by atoms with van der Waals surface area (Å²) < 4.78 is 15.4. The van der Waals surface area contributed by atoms with E-state index in [4.69, 9.17) is 14.7 Å². The molecule has 0 amide bonds. The maximum Gasteiger partial charge on any atom is 0.163 e. The minimum Gasteiger partial charge on any atom is -0.490 e. The molecule has 0 fully saturated rings. The van der Waals surface area contributed by atoms with Gasteiger partial charge in [-0.25, -0.2) is 0 Å². The highest BCUT2D eigenvalue weighted by Crippen LogP contribution is 2.34. The average Bonchev–Trinajstić information content (AvgIpc) is 2.66. The SMILES string of the molecule is Cc1nsc(Nc2ccc3c(c2)OCCCO3)c1C#N. The summed E-state index contributed by atoms with van der Waals surface area (Å²) in [5.41, 5.74) is 2.19. The van der Waals surface area contributed by atoms with Crippen LogP contribution in [0.15, 0.2) is 18.2 Å². The van der Waals surface area contributed by atoms with E-state index in [-0.39, 0.29) is 0 Å². The lowest BCUT2D eigenvalue weighted by molar-refractivity contribution is 0.297. The lowest BCUT2D eigenvalue weighted by Gasteiger charge is -2.10. The van der Waals surface area contributed by atoms with Gasteiger partial charge in [0.2, 0.25) is 0 Å². The molecule has 1 N–H and O–H groups in total. The highest BCUT2D eigenvalue weighted by molar-refractivity contribution is 7.10. The van der Waals surface area contributed by atoms with E-state index in [1.54, 1.807) is 0 Å². The zero-order valence-corrected chi connectivity index (χ0v) is 11.8. The van der Waals surface area contributed by atoms with Gasteiger partial charge in [-0.15, -0.1) is 0 Å². The van der Waals surface area contributed by atoms with Crippen LogP contribution >= 0.6 is 11.5 Å². The Balaban J connectivity index is 1.88. The summed E-state index contributed by atoms with van der Waals surface area (Å²) >= 11 is 1.28. The standard InChI is InChI=1S/C14H13N3O2S/c1-9-11(8-15)14(20-17-9)16-10-3-4-12-13(7-10)19-6-2-5-18-12/h3-4,7,16H,2,5-6H2,1H3. The van der Waals surface area contributed by atoms with E-state index in [2.05, 4.69) is 15.8 Å². The maximum atomic E-state index is 9.13. The highest BCUT2D eigenvalue weighted by atomic mass is 32.1. The van der Waals surface area contributed by atoms with Gasteiger partial charge in [-0.05, 0) is 30.6 Å². The molecule has 0 saturated carbocycles. The van der Waals surface area contributed by atoms with Crippen LogP contribution in [0.3, 0.4) is 0 Å². The average molecular weight is 287 g/mol. The van der Waals surface area contributed by atoms with Crippen LogP contribution < -0.4 is 14.8 Å². The van der Waals surface area contributed by atoms with Gasteiger partial charge >= 0.3 is 0 Å². The first kappa shape index (κ1) is 12.8. The number of ether oxygens (including phenoxy) is 2. The Morgan fingerprint density at radius 1 is 1.30 bits per heavy atom. The number of hydrogen-bond acceptors (Lipinski definition) is 6. The van der Waals surface area contributed by atoms with Crippen molar-refractivity contribution in [2.75, 3.05) is 18.5 Å². The third-order valence-electron chi connectivity index (χ3n) is 2.98. The first-order chi connectivity index (χ1) is 9.78. The summed E-state index contributed by atoms with van der Waals surface area (Å²) in [7, 11) is 0. The van der Waals surface area contributed by atoms with Crippen LogP contribution in [-0.2, 0) is 0 Å². The van der Waals surface area contributed by atoms with E-state index < -0.39 is 0 Å². The van der Waals surface area contributed by atoms with E-state index in [1.807, 2.05) is 25.1 Å². The summed E-state index contributed by atoms with van der Waals surface area (Å²) in [5, 5.41) is 13.1. The van der Waals surface area contributed by atoms with Crippen molar-refractivity contribution < 1.29 is 9.47 Å². The van der Waals surface area contributed by atoms with Crippen molar-refractivity contribution in [3.63, 3.8) is 0 Å². The molecule has 1 aromatic carbocycles. The fourth-order valence-electron chi connectivity index (χ4n) is 1.96. The Morgan fingerprint density at radius 2 is 2.10 bits per heavy atom. The molecule has 1 aromatic heterocycles. The first-order valence-electron chi connectivity index (χ1n) is 6.31. The molecule has 3 rings (SSSR count). The highest BCUT2D eigenvalue weighted by Gasteiger charge is 2.13. The first-order valence-corrected chi connectivity index (χ1v) is 7.08. The lowest BCUT2D eigenvalue weighted by Crippen LogP contribution is -1.97. The van der Waals surface area contributed by atoms with Crippen molar-refractivity contribution in [3.8, 4) is 17.6 Å². The van der Waals surface area contributed by atoms with Gasteiger partial charge in [-0.3, -0.25) is 0 Å². The van der Waals surface area contributed by atoms with E-state index in [0.29, 0.717) is 18.8 Å². The molecule has 2 heterocycles. The molecule has 20 heavy (non-hydrogen) atoms. The number of anilines is 2. The monoisotopic (exact) mass is 287 g/mol. The fraction of sp³-hybridized carbons (Fsp3) is 0.286. The molecule has 102 valence electrons. The van der Waals surface area contributed by atoms with Crippen molar-refractivity contribution in [2.45, 2.75) is 13.3 Å². The van der Waals surface area contributed by atoms with Gasteiger partial charge in [0.25, 0.3) is 0 Å². The minimum atomic E-state index is 0.585. The number of aryl methyl sites for hydroxylation is 1. The van der Waals surface area contributed by atoms with Gasteiger partial charge < -0.3 is 14.8 Å². The fourth-order valence-corrected chi connectivity index (χ4v) is 2.73. The molecule has 1 aliphatic rings. The Morgan fingerprint density at radius 3 is 2.90 bits per heavy atom. The maximum absolute atomic E-state index is 9.13. The second-order valence-corrected chi connectivity index (χ2v) is 5.19. The second-order valence-electron chi connectivity index (χ2n) is 4.42. The Labute approximate surface area is 120 Å². The minimum absolute atomic E-state index is 0.585. The molecular formula is C14H13N3O2S. The Bertz CT molecular complexity index is 676. The lowest BCUT2D eigenvalue weighted by atomic mass is 10.2. The zero-order chi connectivity index (χ0) is 13.9. The molecule has 0 atom stereocenters. The van der Waals surface area contributed by atoms with Crippen LogP contribution in [0.2, 0.25) is 0 Å². The smallest absolute Gasteiger partial charge is 0.163 e. The van der Waals surface area contributed by atoms with E-state index >= 15 is 0 Å². The van der Waals surface area contributed by atoms with Gasteiger partial charge in [-0.2, -0.15) is 9.64 Å². The number of benzene rings is 1. The molecular weight excluding hydrogens is 274 g/mol. The second kappa shape index (κ2) is 5.39. The molecule has 0 spiro atoms. The summed E-state index contributed by atoms with van der Waals surface area (Å²) in [6, 6.07) is 7.84. The topological polar surface area (TPSA) is 67.2 Å². The van der Waals surface area contributed by atoms with Crippen LogP contribution in [0.5, 0.6) is 11.5 Å². The molecule has 0 aliphatic carbocycles. The van der Waals surface area contributed by atoms with Gasteiger partial charge in [-0.1, -0.05) is 0 Å². The van der Waals surface area contributed by atoms with E-state index in [9.17, 15) is 0 Å². The van der Waals surface area contributed by atoms with Crippen LogP contribution in [0.25, 0.3) is 0 Å². The van der Waals surface area contributed by atoms with Gasteiger partial charge in [0, 0.05) is 18.2 Å². The van der Waals surface area contributed by atoms with Gasteiger partial charge in [0.05, 0.1) is 18.9 Å². The molecule has 1 aliphatic heterocycles. The molecule has 6 heteroatoms. The molecule has 5 nitrogen and oxygen atoms in total. The predicted molar refractivity (Wildman–Crippen MR) is 76.9 cm³/mol. The number of nitrogens with zero attached hydrogens (tertiary/aromatic N) is 2. The molecule has 0 bridgehead atoms.